The van der Waals surface area contributed by atoms with Gasteiger partial charge in [-0.1, -0.05) is 31.2 Å². The van der Waals surface area contributed by atoms with Gasteiger partial charge in [0.05, 0.1) is 18.3 Å². The molecule has 0 spiro atoms. The van der Waals surface area contributed by atoms with Crippen molar-refractivity contribution in [3.05, 3.63) is 52.7 Å². The lowest BCUT2D eigenvalue weighted by atomic mass is 9.81. The molecular formula is C18H23N3O2. The average Bonchev–Trinajstić information content (AvgIpc) is 2.87. The van der Waals surface area contributed by atoms with E-state index in [9.17, 15) is 4.79 Å². The van der Waals surface area contributed by atoms with Gasteiger partial charge in [0.25, 0.3) is 0 Å². The average molecular weight is 313 g/mol. The molecular weight excluding hydrogens is 290 g/mol. The third kappa shape index (κ3) is 3.38. The number of hydrogen-bond donors (Lipinski definition) is 2. The standard InChI is InChI=1S/C18H23N3O2/c1-11-8-9-16(15-7-5-4-6-14(11)15)21-18(22)19-10-17-20-12(2)13(3)23-17/h4-7,11,16H,8-10H2,1-3H3,(H2,19,21,22). The van der Waals surface area contributed by atoms with Crippen molar-refractivity contribution < 1.29 is 9.21 Å². The van der Waals surface area contributed by atoms with Gasteiger partial charge in [-0.15, -0.1) is 0 Å². The van der Waals surface area contributed by atoms with Gasteiger partial charge in [0.2, 0.25) is 5.89 Å². The van der Waals surface area contributed by atoms with Crippen LogP contribution in [0.3, 0.4) is 0 Å². The molecule has 2 N–H and O–H groups in total. The Morgan fingerprint density at radius 3 is 2.70 bits per heavy atom. The zero-order valence-corrected chi connectivity index (χ0v) is 13.8. The van der Waals surface area contributed by atoms with Crippen LogP contribution in [0.1, 0.15) is 60.2 Å². The molecule has 0 bridgehead atoms. The topological polar surface area (TPSA) is 67.2 Å². The highest BCUT2D eigenvalue weighted by molar-refractivity contribution is 5.74. The summed E-state index contributed by atoms with van der Waals surface area (Å²) >= 11 is 0. The first kappa shape index (κ1) is 15.6. The number of nitrogens with zero attached hydrogens (tertiary/aromatic N) is 1. The molecule has 2 amide bonds. The number of carbonyl (C=O) groups is 1. The smallest absolute Gasteiger partial charge is 0.315 e. The normalized spacial score (nSPS) is 20.0. The highest BCUT2D eigenvalue weighted by Gasteiger charge is 2.25. The predicted molar refractivity (Wildman–Crippen MR) is 88.2 cm³/mol. The lowest BCUT2D eigenvalue weighted by molar-refractivity contribution is 0.233. The van der Waals surface area contributed by atoms with E-state index in [1.807, 2.05) is 19.9 Å². The van der Waals surface area contributed by atoms with Crippen LogP contribution in [0.5, 0.6) is 0 Å². The van der Waals surface area contributed by atoms with Crippen molar-refractivity contribution in [2.24, 2.45) is 0 Å². The number of carbonyl (C=O) groups excluding carboxylic acids is 1. The van der Waals surface area contributed by atoms with Gasteiger partial charge >= 0.3 is 6.03 Å². The minimum Gasteiger partial charge on any atom is -0.444 e. The Kier molecular flexibility index (Phi) is 4.37. The lowest BCUT2D eigenvalue weighted by Gasteiger charge is -2.30. The van der Waals surface area contributed by atoms with Gasteiger partial charge in [0.1, 0.15) is 5.76 Å². The van der Waals surface area contributed by atoms with Crippen molar-refractivity contribution in [3.8, 4) is 0 Å². The number of rotatable bonds is 3. The molecule has 0 saturated heterocycles. The molecule has 2 aromatic rings. The van der Waals surface area contributed by atoms with Crippen LogP contribution in [-0.4, -0.2) is 11.0 Å². The third-order valence-corrected chi connectivity index (χ3v) is 4.57. The highest BCUT2D eigenvalue weighted by atomic mass is 16.4. The quantitative estimate of drug-likeness (QED) is 0.907. The minimum atomic E-state index is -0.187. The second kappa shape index (κ2) is 6.44. The second-order valence-corrected chi connectivity index (χ2v) is 6.24. The molecule has 1 aromatic carbocycles. The SMILES string of the molecule is Cc1nc(CNC(=O)NC2CCC(C)c3ccccc32)oc1C. The van der Waals surface area contributed by atoms with Crippen LogP contribution in [0, 0.1) is 13.8 Å². The number of amides is 2. The highest BCUT2D eigenvalue weighted by Crippen LogP contribution is 2.36. The van der Waals surface area contributed by atoms with E-state index in [-0.39, 0.29) is 12.1 Å². The molecule has 1 heterocycles. The van der Waals surface area contributed by atoms with Gasteiger partial charge in [-0.3, -0.25) is 0 Å². The minimum absolute atomic E-state index is 0.0652. The van der Waals surface area contributed by atoms with Crippen LogP contribution >= 0.6 is 0 Å². The maximum Gasteiger partial charge on any atom is 0.315 e. The first-order valence-corrected chi connectivity index (χ1v) is 8.10. The van der Waals surface area contributed by atoms with E-state index in [4.69, 9.17) is 4.42 Å². The summed E-state index contributed by atoms with van der Waals surface area (Å²) < 4.78 is 5.47. The fourth-order valence-electron chi connectivity index (χ4n) is 3.13. The van der Waals surface area contributed by atoms with Crippen molar-refractivity contribution in [2.45, 2.75) is 52.1 Å². The van der Waals surface area contributed by atoms with Crippen LogP contribution in [0.15, 0.2) is 28.7 Å². The third-order valence-electron chi connectivity index (χ3n) is 4.57. The summed E-state index contributed by atoms with van der Waals surface area (Å²) in [5.41, 5.74) is 3.42. The monoisotopic (exact) mass is 313 g/mol. The Morgan fingerprint density at radius 1 is 1.26 bits per heavy atom. The van der Waals surface area contributed by atoms with E-state index in [1.165, 1.54) is 11.1 Å². The first-order valence-electron chi connectivity index (χ1n) is 8.10. The van der Waals surface area contributed by atoms with E-state index < -0.39 is 0 Å². The van der Waals surface area contributed by atoms with Crippen LogP contribution < -0.4 is 10.6 Å². The number of hydrogen-bond acceptors (Lipinski definition) is 3. The van der Waals surface area contributed by atoms with E-state index in [2.05, 4.69) is 40.7 Å². The molecule has 0 aliphatic heterocycles. The van der Waals surface area contributed by atoms with E-state index in [0.29, 0.717) is 18.4 Å². The molecule has 3 rings (SSSR count). The number of benzene rings is 1. The Morgan fingerprint density at radius 2 is 2.00 bits per heavy atom. The summed E-state index contributed by atoms with van der Waals surface area (Å²) in [5, 5.41) is 5.89. The molecule has 0 saturated carbocycles. The largest absolute Gasteiger partial charge is 0.444 e. The fraction of sp³-hybridized carbons (Fsp3) is 0.444. The number of aromatic nitrogens is 1. The number of oxazole rings is 1. The molecule has 5 nitrogen and oxygen atoms in total. The van der Waals surface area contributed by atoms with Crippen molar-refractivity contribution in [2.75, 3.05) is 0 Å². The van der Waals surface area contributed by atoms with Crippen molar-refractivity contribution >= 4 is 6.03 Å². The molecule has 0 fully saturated rings. The number of urea groups is 1. The summed E-state index contributed by atoms with van der Waals surface area (Å²) in [6.45, 7) is 6.29. The number of aryl methyl sites for hydroxylation is 2. The Hall–Kier alpha value is -2.30. The van der Waals surface area contributed by atoms with E-state index in [1.54, 1.807) is 0 Å². The molecule has 5 heteroatoms. The molecule has 1 aliphatic rings. The summed E-state index contributed by atoms with van der Waals surface area (Å²) in [4.78, 5) is 16.4. The Balaban J connectivity index is 1.61. The summed E-state index contributed by atoms with van der Waals surface area (Å²) in [6, 6.07) is 8.23. The van der Waals surface area contributed by atoms with Crippen LogP contribution in [0.2, 0.25) is 0 Å². The van der Waals surface area contributed by atoms with Crippen LogP contribution in [-0.2, 0) is 6.54 Å². The molecule has 2 unspecified atom stereocenters. The molecule has 1 aromatic heterocycles. The Bertz CT molecular complexity index is 689. The van der Waals surface area contributed by atoms with Crippen LogP contribution in [0.25, 0.3) is 0 Å². The molecule has 122 valence electrons. The predicted octanol–water partition coefficient (Wildman–Crippen LogP) is 3.73. The summed E-state index contributed by atoms with van der Waals surface area (Å²) in [7, 11) is 0. The number of nitrogens with one attached hydrogen (secondary N) is 2. The van der Waals surface area contributed by atoms with Crippen LogP contribution in [0.4, 0.5) is 4.79 Å². The Labute approximate surface area is 136 Å². The molecule has 0 radical (unpaired) electrons. The van der Waals surface area contributed by atoms with Gasteiger partial charge in [-0.05, 0) is 43.7 Å². The second-order valence-electron chi connectivity index (χ2n) is 6.24. The molecule has 23 heavy (non-hydrogen) atoms. The fourth-order valence-corrected chi connectivity index (χ4v) is 3.13. The van der Waals surface area contributed by atoms with Gasteiger partial charge in [0.15, 0.2) is 0 Å². The van der Waals surface area contributed by atoms with E-state index in [0.717, 1.165) is 24.3 Å². The van der Waals surface area contributed by atoms with Gasteiger partial charge in [-0.2, -0.15) is 0 Å². The van der Waals surface area contributed by atoms with Gasteiger partial charge in [0, 0.05) is 0 Å². The maximum atomic E-state index is 12.2. The molecule has 1 aliphatic carbocycles. The summed E-state index contributed by atoms with van der Waals surface area (Å²) in [6.07, 6.45) is 2.04. The van der Waals surface area contributed by atoms with E-state index >= 15 is 0 Å². The zero-order chi connectivity index (χ0) is 16.4. The van der Waals surface area contributed by atoms with Crippen molar-refractivity contribution in [3.63, 3.8) is 0 Å². The first-order chi connectivity index (χ1) is 11.0. The van der Waals surface area contributed by atoms with Crippen molar-refractivity contribution in [1.29, 1.82) is 0 Å². The maximum absolute atomic E-state index is 12.2. The molecule has 2 atom stereocenters. The zero-order valence-electron chi connectivity index (χ0n) is 13.8. The lowest BCUT2D eigenvalue weighted by Crippen LogP contribution is -2.39. The number of fused-ring (bicyclic) bond motifs is 1. The van der Waals surface area contributed by atoms with Gasteiger partial charge < -0.3 is 15.1 Å². The summed E-state index contributed by atoms with van der Waals surface area (Å²) in [5.74, 6) is 1.87. The van der Waals surface area contributed by atoms with Crippen molar-refractivity contribution in [1.82, 2.24) is 15.6 Å². The van der Waals surface area contributed by atoms with Gasteiger partial charge in [-0.25, -0.2) is 9.78 Å².